The molecule has 0 radical (unpaired) electrons. The number of hydrazine groups is 1. The van der Waals surface area contributed by atoms with Gasteiger partial charge in [0.1, 0.15) is 5.84 Å². The Balaban J connectivity index is 2.39. The van der Waals surface area contributed by atoms with Crippen molar-refractivity contribution in [2.24, 2.45) is 22.7 Å². The summed E-state index contributed by atoms with van der Waals surface area (Å²) in [5.74, 6) is 8.13. The first-order valence-corrected chi connectivity index (χ1v) is 7.21. The summed E-state index contributed by atoms with van der Waals surface area (Å²) in [5.41, 5.74) is 2.81. The summed E-state index contributed by atoms with van der Waals surface area (Å²) in [7, 11) is 0. The first-order chi connectivity index (χ1) is 8.17. The van der Waals surface area contributed by atoms with Crippen molar-refractivity contribution >= 4 is 5.84 Å². The van der Waals surface area contributed by atoms with E-state index in [0.29, 0.717) is 12.0 Å². The highest BCUT2D eigenvalue weighted by atomic mass is 15.3. The molecule has 0 heterocycles. The largest absolute Gasteiger partial charge is 0.312 e. The summed E-state index contributed by atoms with van der Waals surface area (Å²) in [6.45, 7) is 6.48. The van der Waals surface area contributed by atoms with Crippen molar-refractivity contribution in [3.8, 4) is 0 Å². The van der Waals surface area contributed by atoms with Gasteiger partial charge in [-0.1, -0.05) is 26.2 Å². The molecule has 0 amide bonds. The summed E-state index contributed by atoms with van der Waals surface area (Å²) in [6.07, 6.45) is 9.33. The first-order valence-electron chi connectivity index (χ1n) is 7.21. The normalized spacial score (nSPS) is 26.3. The van der Waals surface area contributed by atoms with Crippen molar-refractivity contribution in [2.75, 3.05) is 0 Å². The quantitative estimate of drug-likeness (QED) is 0.335. The minimum absolute atomic E-state index is 0.332. The van der Waals surface area contributed by atoms with E-state index >= 15 is 0 Å². The standard InChI is InChI=1S/C14H29N3/c1-4-5-6-12-7-9-13(10-8-12)14(17-15)16-11(2)3/h11-13H,4-10,15H2,1-3H3,(H,16,17). The van der Waals surface area contributed by atoms with Crippen molar-refractivity contribution in [2.45, 2.75) is 71.8 Å². The zero-order valence-electron chi connectivity index (χ0n) is 11.7. The molecule has 0 saturated heterocycles. The van der Waals surface area contributed by atoms with Crippen LogP contribution in [0.5, 0.6) is 0 Å². The first kappa shape index (κ1) is 14.5. The minimum Gasteiger partial charge on any atom is -0.312 e. The van der Waals surface area contributed by atoms with E-state index in [9.17, 15) is 0 Å². The number of nitrogens with one attached hydrogen (secondary N) is 1. The van der Waals surface area contributed by atoms with Gasteiger partial charge in [-0.2, -0.15) is 0 Å². The molecule has 1 rings (SSSR count). The fourth-order valence-corrected chi connectivity index (χ4v) is 2.76. The van der Waals surface area contributed by atoms with E-state index < -0.39 is 0 Å². The van der Waals surface area contributed by atoms with Crippen LogP contribution in [0.25, 0.3) is 0 Å². The maximum absolute atomic E-state index is 5.59. The zero-order chi connectivity index (χ0) is 12.7. The van der Waals surface area contributed by atoms with Gasteiger partial charge in [0.25, 0.3) is 0 Å². The lowest BCUT2D eigenvalue weighted by atomic mass is 9.79. The molecule has 3 heteroatoms. The molecule has 0 aromatic heterocycles. The Kier molecular flexibility index (Phi) is 6.56. The second kappa shape index (κ2) is 7.70. The van der Waals surface area contributed by atoms with Crippen LogP contribution in [0.4, 0.5) is 0 Å². The molecule has 1 saturated carbocycles. The van der Waals surface area contributed by atoms with Gasteiger partial charge in [0.05, 0.1) is 0 Å². The van der Waals surface area contributed by atoms with Crippen LogP contribution in [-0.4, -0.2) is 11.9 Å². The predicted octanol–water partition coefficient (Wildman–Crippen LogP) is 3.25. The van der Waals surface area contributed by atoms with Crippen LogP contribution in [0.15, 0.2) is 4.99 Å². The molecule has 1 aliphatic carbocycles. The number of amidine groups is 1. The van der Waals surface area contributed by atoms with Crippen molar-refractivity contribution in [1.29, 1.82) is 0 Å². The van der Waals surface area contributed by atoms with Crippen LogP contribution in [0.3, 0.4) is 0 Å². The third-order valence-corrected chi connectivity index (χ3v) is 3.74. The molecular weight excluding hydrogens is 210 g/mol. The molecule has 0 aromatic carbocycles. The van der Waals surface area contributed by atoms with E-state index in [1.54, 1.807) is 0 Å². The Morgan fingerprint density at radius 3 is 2.41 bits per heavy atom. The molecular formula is C14H29N3. The fraction of sp³-hybridized carbons (Fsp3) is 0.929. The molecule has 3 N–H and O–H groups in total. The second-order valence-corrected chi connectivity index (χ2v) is 5.61. The lowest BCUT2D eigenvalue weighted by Crippen LogP contribution is -2.38. The molecule has 0 aromatic rings. The van der Waals surface area contributed by atoms with Gasteiger partial charge < -0.3 is 5.43 Å². The number of hydrogen-bond donors (Lipinski definition) is 2. The van der Waals surface area contributed by atoms with Crippen molar-refractivity contribution in [3.05, 3.63) is 0 Å². The van der Waals surface area contributed by atoms with Crippen molar-refractivity contribution < 1.29 is 0 Å². The Morgan fingerprint density at radius 2 is 1.94 bits per heavy atom. The third kappa shape index (κ3) is 5.07. The Hall–Kier alpha value is -0.570. The minimum atomic E-state index is 0.332. The molecule has 0 atom stereocenters. The van der Waals surface area contributed by atoms with Crippen LogP contribution in [0.2, 0.25) is 0 Å². The molecule has 17 heavy (non-hydrogen) atoms. The monoisotopic (exact) mass is 239 g/mol. The Labute approximate surface area is 106 Å². The van der Waals surface area contributed by atoms with Gasteiger partial charge in [0.15, 0.2) is 0 Å². The van der Waals surface area contributed by atoms with E-state index in [0.717, 1.165) is 11.8 Å². The Morgan fingerprint density at radius 1 is 1.29 bits per heavy atom. The van der Waals surface area contributed by atoms with Gasteiger partial charge in [-0.05, 0) is 45.4 Å². The average molecular weight is 239 g/mol. The van der Waals surface area contributed by atoms with Crippen LogP contribution in [-0.2, 0) is 0 Å². The number of rotatable bonds is 5. The smallest absolute Gasteiger partial charge is 0.114 e. The topological polar surface area (TPSA) is 50.4 Å². The van der Waals surface area contributed by atoms with E-state index in [4.69, 9.17) is 5.84 Å². The highest BCUT2D eigenvalue weighted by Crippen LogP contribution is 2.32. The summed E-state index contributed by atoms with van der Waals surface area (Å²) in [5, 5.41) is 0. The molecule has 0 spiro atoms. The molecule has 0 bridgehead atoms. The zero-order valence-corrected chi connectivity index (χ0v) is 11.7. The van der Waals surface area contributed by atoms with Gasteiger partial charge in [0, 0.05) is 12.0 Å². The summed E-state index contributed by atoms with van der Waals surface area (Å²) >= 11 is 0. The fourth-order valence-electron chi connectivity index (χ4n) is 2.76. The molecule has 100 valence electrons. The van der Waals surface area contributed by atoms with E-state index in [1.165, 1.54) is 44.9 Å². The SMILES string of the molecule is CCCCC1CCC(C(=NC(C)C)NN)CC1. The second-order valence-electron chi connectivity index (χ2n) is 5.61. The van der Waals surface area contributed by atoms with Gasteiger partial charge in [-0.3, -0.25) is 4.99 Å². The van der Waals surface area contributed by atoms with Crippen LogP contribution in [0, 0.1) is 11.8 Å². The van der Waals surface area contributed by atoms with Gasteiger partial charge >= 0.3 is 0 Å². The average Bonchev–Trinajstić information content (AvgIpc) is 2.34. The van der Waals surface area contributed by atoms with Crippen LogP contribution in [0.1, 0.15) is 65.7 Å². The lowest BCUT2D eigenvalue weighted by molar-refractivity contribution is 0.297. The van der Waals surface area contributed by atoms with E-state index in [-0.39, 0.29) is 0 Å². The summed E-state index contributed by atoms with van der Waals surface area (Å²) in [6, 6.07) is 0.332. The molecule has 1 fully saturated rings. The maximum atomic E-state index is 5.59. The summed E-state index contributed by atoms with van der Waals surface area (Å²) in [4.78, 5) is 4.59. The molecule has 0 aliphatic heterocycles. The lowest BCUT2D eigenvalue weighted by Gasteiger charge is -2.29. The third-order valence-electron chi connectivity index (χ3n) is 3.74. The van der Waals surface area contributed by atoms with Crippen LogP contribution < -0.4 is 11.3 Å². The van der Waals surface area contributed by atoms with E-state index in [1.807, 2.05) is 0 Å². The predicted molar refractivity (Wildman–Crippen MR) is 74.9 cm³/mol. The Bertz CT molecular complexity index is 228. The van der Waals surface area contributed by atoms with Gasteiger partial charge in [0.2, 0.25) is 0 Å². The summed E-state index contributed by atoms with van der Waals surface area (Å²) < 4.78 is 0. The molecule has 0 unspecified atom stereocenters. The van der Waals surface area contributed by atoms with Gasteiger partial charge in [-0.25, -0.2) is 5.84 Å². The number of nitrogens with zero attached hydrogens (tertiary/aromatic N) is 1. The van der Waals surface area contributed by atoms with Crippen molar-refractivity contribution in [3.63, 3.8) is 0 Å². The number of unbranched alkanes of at least 4 members (excludes halogenated alkanes) is 1. The van der Waals surface area contributed by atoms with E-state index in [2.05, 4.69) is 31.2 Å². The molecule has 3 nitrogen and oxygen atoms in total. The van der Waals surface area contributed by atoms with Gasteiger partial charge in [-0.15, -0.1) is 0 Å². The number of hydrogen-bond acceptors (Lipinski definition) is 2. The highest BCUT2D eigenvalue weighted by molar-refractivity contribution is 5.84. The highest BCUT2D eigenvalue weighted by Gasteiger charge is 2.24. The maximum Gasteiger partial charge on any atom is 0.114 e. The number of aliphatic imine (C=N–C) groups is 1. The van der Waals surface area contributed by atoms with Crippen LogP contribution >= 0.6 is 0 Å². The number of nitrogens with two attached hydrogens (primary N) is 1. The van der Waals surface area contributed by atoms with Crippen molar-refractivity contribution in [1.82, 2.24) is 5.43 Å². The molecule has 1 aliphatic rings.